The Balaban J connectivity index is 1.69. The average Bonchev–Trinajstić information content (AvgIpc) is 3.54. The lowest BCUT2D eigenvalue weighted by atomic mass is 9.91. The molecule has 0 spiro atoms. The summed E-state index contributed by atoms with van der Waals surface area (Å²) in [5.74, 6) is -4.18. The number of aromatic nitrogens is 2. The first-order valence-corrected chi connectivity index (χ1v) is 12.8. The van der Waals surface area contributed by atoms with Crippen LogP contribution < -0.4 is 0 Å². The second-order valence-corrected chi connectivity index (χ2v) is 10.4. The quantitative estimate of drug-likeness (QED) is 0.280. The summed E-state index contributed by atoms with van der Waals surface area (Å²) >= 11 is 5.88. The van der Waals surface area contributed by atoms with Gasteiger partial charge in [0.15, 0.2) is 0 Å². The molecule has 0 atom stereocenters. The van der Waals surface area contributed by atoms with Crippen LogP contribution in [0, 0.1) is 0 Å². The van der Waals surface area contributed by atoms with E-state index in [4.69, 9.17) is 21.1 Å². The van der Waals surface area contributed by atoms with Crippen molar-refractivity contribution in [3.05, 3.63) is 100 Å². The van der Waals surface area contributed by atoms with Gasteiger partial charge in [-0.25, -0.2) is 22.0 Å². The van der Waals surface area contributed by atoms with Crippen LogP contribution >= 0.6 is 11.6 Å². The summed E-state index contributed by atoms with van der Waals surface area (Å²) in [6.45, 7) is -0.0707. The molecule has 0 saturated carbocycles. The van der Waals surface area contributed by atoms with E-state index >= 15 is 0 Å². The number of esters is 2. The molecule has 4 aromatic rings. The second kappa shape index (κ2) is 9.43. The predicted molar refractivity (Wildman–Crippen MR) is 134 cm³/mol. The van der Waals surface area contributed by atoms with Crippen molar-refractivity contribution in [3.63, 3.8) is 0 Å². The summed E-state index contributed by atoms with van der Waals surface area (Å²) in [6, 6.07) is 15.0. The number of hydrogen-bond donors (Lipinski definition) is 1. The number of ketones is 2. The largest absolute Gasteiger partial charge is 0.464 e. The van der Waals surface area contributed by atoms with Gasteiger partial charge in [0.1, 0.15) is 18.0 Å². The van der Waals surface area contributed by atoms with Gasteiger partial charge >= 0.3 is 11.9 Å². The fraction of sp³-hybridized carbons (Fsp3) is 0.0769. The minimum absolute atomic E-state index is 0.0575. The van der Waals surface area contributed by atoms with Crippen LogP contribution in [0.5, 0.6) is 0 Å². The van der Waals surface area contributed by atoms with E-state index < -0.39 is 44.9 Å². The fourth-order valence-corrected chi connectivity index (χ4v) is 5.80. The topological polar surface area (TPSA) is 142 Å². The molecule has 1 aliphatic carbocycles. The van der Waals surface area contributed by atoms with Crippen LogP contribution in [-0.4, -0.2) is 48.0 Å². The number of carbonyl (C=O) groups is 4. The van der Waals surface area contributed by atoms with Crippen LogP contribution in [0.2, 0.25) is 5.02 Å². The minimum Gasteiger partial charge on any atom is -0.464 e. The molecule has 0 unspecified atom stereocenters. The molecule has 1 N–H and O–H groups in total. The molecule has 38 heavy (non-hydrogen) atoms. The van der Waals surface area contributed by atoms with E-state index in [1.165, 1.54) is 30.5 Å². The molecule has 0 bridgehead atoms. The Bertz CT molecular complexity index is 1740. The average molecular weight is 553 g/mol. The molecule has 0 fully saturated rings. The van der Waals surface area contributed by atoms with E-state index in [0.717, 1.165) is 13.2 Å². The third kappa shape index (κ3) is 4.01. The fourth-order valence-electron chi connectivity index (χ4n) is 4.17. The molecular weight excluding hydrogens is 536 g/mol. The summed E-state index contributed by atoms with van der Waals surface area (Å²) in [4.78, 5) is 54.2. The van der Waals surface area contributed by atoms with Crippen molar-refractivity contribution in [1.82, 2.24) is 8.96 Å². The highest BCUT2D eigenvalue weighted by Gasteiger charge is 2.43. The zero-order valence-electron chi connectivity index (χ0n) is 19.6. The molecule has 12 heteroatoms. The molecular formula is C26H17ClN2O8S. The van der Waals surface area contributed by atoms with Crippen molar-refractivity contribution in [2.45, 2.75) is 11.5 Å². The molecule has 2 aromatic heterocycles. The van der Waals surface area contributed by atoms with E-state index in [0.29, 0.717) is 9.54 Å². The Labute approximate surface area is 220 Å². The SMILES string of the molecule is COC(=O)c1cc2c(n1S(=O)(=O)c1ccc(Cl)cc1)C(=O)C(=O)c1[nH]cc(C(=O)OCc3ccccc3)c1-2. The molecule has 0 radical (unpaired) electrons. The Hall–Kier alpha value is -4.48. The molecule has 192 valence electrons. The second-order valence-electron chi connectivity index (χ2n) is 8.18. The number of rotatable bonds is 6. The van der Waals surface area contributed by atoms with E-state index in [1.54, 1.807) is 30.3 Å². The van der Waals surface area contributed by atoms with E-state index in [9.17, 15) is 27.6 Å². The van der Waals surface area contributed by atoms with Crippen LogP contribution in [0.3, 0.4) is 0 Å². The number of Topliss-reactive ketones (excluding diaryl/α,β-unsaturated/α-hetero) is 2. The molecule has 2 aromatic carbocycles. The number of aromatic amines is 1. The first-order valence-electron chi connectivity index (χ1n) is 11.0. The first-order chi connectivity index (χ1) is 18.1. The number of carbonyl (C=O) groups excluding carboxylic acids is 4. The van der Waals surface area contributed by atoms with Gasteiger partial charge in [-0.3, -0.25) is 9.59 Å². The number of nitrogens with one attached hydrogen (secondary N) is 1. The van der Waals surface area contributed by atoms with Gasteiger partial charge in [0.25, 0.3) is 21.6 Å². The van der Waals surface area contributed by atoms with E-state index in [2.05, 4.69) is 4.98 Å². The Morgan fingerprint density at radius 2 is 1.66 bits per heavy atom. The molecule has 2 heterocycles. The van der Waals surface area contributed by atoms with Crippen LogP contribution in [0.15, 0.2) is 71.8 Å². The summed E-state index contributed by atoms with van der Waals surface area (Å²) < 4.78 is 37.9. The van der Waals surface area contributed by atoms with Gasteiger partial charge in [-0.2, -0.15) is 0 Å². The highest BCUT2D eigenvalue weighted by Crippen LogP contribution is 2.40. The van der Waals surface area contributed by atoms with Crippen molar-refractivity contribution in [2.75, 3.05) is 7.11 Å². The molecule has 1 aliphatic rings. The molecule has 5 rings (SSSR count). The summed E-state index contributed by atoms with van der Waals surface area (Å²) in [6.07, 6.45) is 1.20. The van der Waals surface area contributed by atoms with E-state index in [-0.39, 0.29) is 38.9 Å². The zero-order chi connectivity index (χ0) is 27.2. The Morgan fingerprint density at radius 1 is 0.974 bits per heavy atom. The number of nitrogens with zero attached hydrogens (tertiary/aromatic N) is 1. The predicted octanol–water partition coefficient (Wildman–Crippen LogP) is 3.90. The maximum atomic E-state index is 13.6. The van der Waals surface area contributed by atoms with Gasteiger partial charge in [0, 0.05) is 22.3 Å². The number of ether oxygens (including phenoxy) is 2. The van der Waals surface area contributed by atoms with Crippen LogP contribution in [0.1, 0.15) is 47.4 Å². The van der Waals surface area contributed by atoms with Gasteiger partial charge in [0.2, 0.25) is 0 Å². The maximum Gasteiger partial charge on any atom is 0.355 e. The van der Waals surface area contributed by atoms with Gasteiger partial charge in [-0.05, 0) is 35.9 Å². The van der Waals surface area contributed by atoms with Crippen LogP contribution in [0.4, 0.5) is 0 Å². The van der Waals surface area contributed by atoms with Crippen molar-refractivity contribution in [3.8, 4) is 11.1 Å². The van der Waals surface area contributed by atoms with Gasteiger partial charge in [-0.15, -0.1) is 0 Å². The molecule has 0 aliphatic heterocycles. The lowest BCUT2D eigenvalue weighted by Gasteiger charge is -2.16. The highest BCUT2D eigenvalue weighted by molar-refractivity contribution is 7.90. The number of H-pyrrole nitrogens is 1. The monoisotopic (exact) mass is 552 g/mol. The standard InChI is InChI=1S/C26H17ClN2O8S/c1-36-26(33)19-11-17-20-18(25(32)37-13-14-5-3-2-4-6-14)12-28-21(20)23(30)24(31)22(17)29(19)38(34,35)16-9-7-15(27)8-10-16/h2-12,28H,13H2,1H3. The summed E-state index contributed by atoms with van der Waals surface area (Å²) in [7, 11) is -3.57. The van der Waals surface area contributed by atoms with Crippen LogP contribution in [-0.2, 0) is 26.1 Å². The normalized spacial score (nSPS) is 12.6. The van der Waals surface area contributed by atoms with Gasteiger partial charge in [-0.1, -0.05) is 41.9 Å². The minimum atomic E-state index is -4.60. The van der Waals surface area contributed by atoms with Crippen molar-refractivity contribution in [1.29, 1.82) is 0 Å². The number of halogens is 1. The van der Waals surface area contributed by atoms with Crippen LogP contribution in [0.25, 0.3) is 11.1 Å². The molecule has 0 amide bonds. The van der Waals surface area contributed by atoms with Crippen molar-refractivity contribution < 1.29 is 37.1 Å². The molecule has 0 saturated heterocycles. The van der Waals surface area contributed by atoms with Gasteiger partial charge < -0.3 is 14.5 Å². The third-order valence-electron chi connectivity index (χ3n) is 5.94. The Kier molecular flexibility index (Phi) is 6.25. The van der Waals surface area contributed by atoms with E-state index in [1.807, 2.05) is 0 Å². The smallest absolute Gasteiger partial charge is 0.355 e. The zero-order valence-corrected chi connectivity index (χ0v) is 21.1. The summed E-state index contributed by atoms with van der Waals surface area (Å²) in [5.41, 5.74) is -0.943. The molecule has 10 nitrogen and oxygen atoms in total. The number of benzene rings is 2. The van der Waals surface area contributed by atoms with Gasteiger partial charge in [0.05, 0.1) is 23.3 Å². The number of fused-ring (bicyclic) bond motifs is 3. The highest BCUT2D eigenvalue weighted by atomic mass is 35.5. The summed E-state index contributed by atoms with van der Waals surface area (Å²) in [5, 5.41) is 0.258. The Morgan fingerprint density at radius 3 is 2.32 bits per heavy atom. The maximum absolute atomic E-state index is 13.6. The van der Waals surface area contributed by atoms with Crippen molar-refractivity contribution in [2.24, 2.45) is 0 Å². The van der Waals surface area contributed by atoms with Crippen molar-refractivity contribution >= 4 is 45.1 Å². The number of methoxy groups -OCH3 is 1. The number of hydrogen-bond acceptors (Lipinski definition) is 8. The first kappa shape index (κ1) is 25.2. The lowest BCUT2D eigenvalue weighted by Crippen LogP contribution is -2.29. The lowest BCUT2D eigenvalue weighted by molar-refractivity contribution is 0.0473. The third-order valence-corrected chi connectivity index (χ3v) is 7.91.